The molecule has 148 valence electrons. The Morgan fingerprint density at radius 2 is 2.10 bits per heavy atom. The molecule has 0 fully saturated rings. The van der Waals surface area contributed by atoms with Crippen molar-refractivity contribution in [3.05, 3.63) is 58.6 Å². The number of aromatic amines is 1. The zero-order chi connectivity index (χ0) is 20.5. The number of nitrogens with one attached hydrogen (secondary N) is 1. The Balaban J connectivity index is 1.75. The van der Waals surface area contributed by atoms with E-state index in [0.29, 0.717) is 39.7 Å². The zero-order valence-corrected chi connectivity index (χ0v) is 17.1. The first-order valence-electron chi connectivity index (χ1n) is 9.21. The smallest absolute Gasteiger partial charge is 0.273 e. The average Bonchev–Trinajstić information content (AvgIpc) is 3.37. The van der Waals surface area contributed by atoms with Crippen molar-refractivity contribution in [1.82, 2.24) is 34.8 Å². The van der Waals surface area contributed by atoms with Crippen molar-refractivity contribution in [3.8, 4) is 11.5 Å². The standard InChI is InChI=1S/C20H20ClN7O/c1-4-28-12(2)13(10-23-28)11-27(3)20(29)18-15-9-14(21)5-6-16(15)24-19(25-18)17-7-8-22-26-17/h5-10H,4,11H2,1-3H3,(H,22,26). The number of benzene rings is 1. The molecule has 0 unspecified atom stereocenters. The number of H-pyrrole nitrogens is 1. The molecule has 1 aromatic carbocycles. The van der Waals surface area contributed by atoms with Crippen molar-refractivity contribution in [3.63, 3.8) is 0 Å². The van der Waals surface area contributed by atoms with Gasteiger partial charge in [0, 0.05) is 48.0 Å². The molecule has 0 spiro atoms. The van der Waals surface area contributed by atoms with Crippen molar-refractivity contribution in [2.75, 3.05) is 7.05 Å². The van der Waals surface area contributed by atoms with Gasteiger partial charge in [0.05, 0.1) is 11.7 Å². The molecule has 4 rings (SSSR count). The number of halogens is 1. The summed E-state index contributed by atoms with van der Waals surface area (Å²) in [6.07, 6.45) is 3.42. The lowest BCUT2D eigenvalue weighted by Crippen LogP contribution is -2.27. The largest absolute Gasteiger partial charge is 0.336 e. The lowest BCUT2D eigenvalue weighted by molar-refractivity contribution is 0.0781. The van der Waals surface area contributed by atoms with Crippen LogP contribution in [-0.2, 0) is 13.1 Å². The Labute approximate surface area is 172 Å². The molecule has 3 aromatic heterocycles. The second-order valence-electron chi connectivity index (χ2n) is 6.76. The third-order valence-corrected chi connectivity index (χ3v) is 5.10. The summed E-state index contributed by atoms with van der Waals surface area (Å²) >= 11 is 6.18. The lowest BCUT2D eigenvalue weighted by atomic mass is 10.1. The van der Waals surface area contributed by atoms with Crippen LogP contribution in [0.2, 0.25) is 5.02 Å². The summed E-state index contributed by atoms with van der Waals surface area (Å²) in [5.74, 6) is 0.188. The van der Waals surface area contributed by atoms with Gasteiger partial charge in [0.15, 0.2) is 5.82 Å². The molecule has 0 aliphatic rings. The van der Waals surface area contributed by atoms with Crippen LogP contribution in [0.5, 0.6) is 0 Å². The highest BCUT2D eigenvalue weighted by Crippen LogP contribution is 2.25. The first kappa shape index (κ1) is 19.1. The fourth-order valence-electron chi connectivity index (χ4n) is 3.23. The van der Waals surface area contributed by atoms with E-state index in [1.165, 1.54) is 0 Å². The predicted octanol–water partition coefficient (Wildman–Crippen LogP) is 3.47. The zero-order valence-electron chi connectivity index (χ0n) is 16.3. The summed E-state index contributed by atoms with van der Waals surface area (Å²) in [6, 6.07) is 7.01. The summed E-state index contributed by atoms with van der Waals surface area (Å²) in [6.45, 7) is 5.24. The summed E-state index contributed by atoms with van der Waals surface area (Å²) in [4.78, 5) is 24.0. The van der Waals surface area contributed by atoms with Crippen LogP contribution in [0, 0.1) is 6.92 Å². The lowest BCUT2D eigenvalue weighted by Gasteiger charge is -2.18. The number of nitrogens with zero attached hydrogens (tertiary/aromatic N) is 6. The van der Waals surface area contributed by atoms with Crippen LogP contribution in [0.1, 0.15) is 28.7 Å². The van der Waals surface area contributed by atoms with E-state index in [1.54, 1.807) is 48.6 Å². The minimum Gasteiger partial charge on any atom is -0.336 e. The van der Waals surface area contributed by atoms with Gasteiger partial charge in [0.1, 0.15) is 11.4 Å². The third-order valence-electron chi connectivity index (χ3n) is 4.86. The number of carbonyl (C=O) groups excluding carboxylic acids is 1. The van der Waals surface area contributed by atoms with Crippen LogP contribution in [-0.4, -0.2) is 47.8 Å². The number of amides is 1. The Kier molecular flexibility index (Phi) is 5.02. The number of carbonyl (C=O) groups is 1. The fraction of sp³-hybridized carbons (Fsp3) is 0.250. The van der Waals surface area contributed by atoms with E-state index in [1.807, 2.05) is 18.5 Å². The summed E-state index contributed by atoms with van der Waals surface area (Å²) in [7, 11) is 1.75. The number of rotatable bonds is 5. The van der Waals surface area contributed by atoms with Crippen LogP contribution in [0.4, 0.5) is 0 Å². The van der Waals surface area contributed by atoms with Crippen molar-refractivity contribution < 1.29 is 4.79 Å². The molecule has 1 N–H and O–H groups in total. The number of hydrogen-bond donors (Lipinski definition) is 1. The quantitative estimate of drug-likeness (QED) is 0.544. The molecule has 0 bridgehead atoms. The van der Waals surface area contributed by atoms with Gasteiger partial charge in [0.2, 0.25) is 0 Å². The van der Waals surface area contributed by atoms with Gasteiger partial charge in [-0.05, 0) is 38.1 Å². The van der Waals surface area contributed by atoms with Gasteiger partial charge in [-0.15, -0.1) is 0 Å². The van der Waals surface area contributed by atoms with E-state index in [4.69, 9.17) is 11.6 Å². The van der Waals surface area contributed by atoms with E-state index in [9.17, 15) is 4.79 Å². The van der Waals surface area contributed by atoms with E-state index in [0.717, 1.165) is 17.8 Å². The predicted molar refractivity (Wildman–Crippen MR) is 111 cm³/mol. The van der Waals surface area contributed by atoms with Crippen LogP contribution < -0.4 is 0 Å². The number of fused-ring (bicyclic) bond motifs is 1. The first-order chi connectivity index (χ1) is 14.0. The monoisotopic (exact) mass is 409 g/mol. The van der Waals surface area contributed by atoms with E-state index in [2.05, 4.69) is 25.3 Å². The Bertz CT molecular complexity index is 1180. The normalized spacial score (nSPS) is 11.2. The Hall–Kier alpha value is -3.26. The number of aryl methyl sites for hydroxylation is 1. The van der Waals surface area contributed by atoms with E-state index < -0.39 is 0 Å². The summed E-state index contributed by atoms with van der Waals surface area (Å²) in [5, 5.41) is 12.3. The molecule has 0 saturated carbocycles. The van der Waals surface area contributed by atoms with Gasteiger partial charge in [-0.1, -0.05) is 11.6 Å². The molecule has 4 aromatic rings. The van der Waals surface area contributed by atoms with Crippen molar-refractivity contribution in [2.24, 2.45) is 0 Å². The molecular weight excluding hydrogens is 390 g/mol. The van der Waals surface area contributed by atoms with Gasteiger partial charge in [-0.3, -0.25) is 14.6 Å². The Morgan fingerprint density at radius 1 is 1.28 bits per heavy atom. The third kappa shape index (κ3) is 3.58. The van der Waals surface area contributed by atoms with Crippen LogP contribution in [0.15, 0.2) is 36.7 Å². The van der Waals surface area contributed by atoms with Crippen LogP contribution in [0.25, 0.3) is 22.4 Å². The SMILES string of the molecule is CCn1ncc(CN(C)C(=O)c2nc(-c3ccn[nH]3)nc3ccc(Cl)cc23)c1C. The van der Waals surface area contributed by atoms with Crippen LogP contribution in [0.3, 0.4) is 0 Å². The van der Waals surface area contributed by atoms with Crippen LogP contribution >= 0.6 is 11.6 Å². The van der Waals surface area contributed by atoms with Gasteiger partial charge in [-0.25, -0.2) is 9.97 Å². The number of hydrogen-bond acceptors (Lipinski definition) is 5. The summed E-state index contributed by atoms with van der Waals surface area (Å²) in [5.41, 5.74) is 3.61. The molecule has 8 nitrogen and oxygen atoms in total. The fourth-order valence-corrected chi connectivity index (χ4v) is 3.40. The average molecular weight is 410 g/mol. The topological polar surface area (TPSA) is 92.6 Å². The van der Waals surface area contributed by atoms with Gasteiger partial charge >= 0.3 is 0 Å². The molecule has 0 atom stereocenters. The second-order valence-corrected chi connectivity index (χ2v) is 7.20. The maximum atomic E-state index is 13.3. The maximum Gasteiger partial charge on any atom is 0.273 e. The molecule has 0 saturated heterocycles. The molecule has 0 aliphatic heterocycles. The van der Waals surface area contributed by atoms with Gasteiger partial charge in [-0.2, -0.15) is 10.2 Å². The molecule has 9 heteroatoms. The highest BCUT2D eigenvalue weighted by atomic mass is 35.5. The Morgan fingerprint density at radius 3 is 2.79 bits per heavy atom. The highest BCUT2D eigenvalue weighted by Gasteiger charge is 2.21. The molecule has 29 heavy (non-hydrogen) atoms. The molecule has 3 heterocycles. The minimum atomic E-state index is -0.218. The summed E-state index contributed by atoms with van der Waals surface area (Å²) < 4.78 is 1.91. The minimum absolute atomic E-state index is 0.218. The molecule has 0 aliphatic carbocycles. The number of aromatic nitrogens is 6. The maximum absolute atomic E-state index is 13.3. The van der Waals surface area contributed by atoms with Gasteiger partial charge in [0.25, 0.3) is 5.91 Å². The van der Waals surface area contributed by atoms with E-state index in [-0.39, 0.29) is 5.91 Å². The van der Waals surface area contributed by atoms with E-state index >= 15 is 0 Å². The molecule has 0 radical (unpaired) electrons. The second kappa shape index (κ2) is 7.63. The highest BCUT2D eigenvalue weighted by molar-refractivity contribution is 6.31. The van der Waals surface area contributed by atoms with Crippen molar-refractivity contribution in [1.29, 1.82) is 0 Å². The first-order valence-corrected chi connectivity index (χ1v) is 9.59. The molecule has 1 amide bonds. The van der Waals surface area contributed by atoms with Crippen molar-refractivity contribution in [2.45, 2.75) is 26.9 Å². The van der Waals surface area contributed by atoms with Crippen molar-refractivity contribution >= 4 is 28.4 Å². The molecular formula is C20H20ClN7O. The van der Waals surface area contributed by atoms with Gasteiger partial charge < -0.3 is 4.90 Å².